The molecule has 1 saturated heterocycles. The Hall–Kier alpha value is -1.18. The summed E-state index contributed by atoms with van der Waals surface area (Å²) >= 11 is 0. The maximum absolute atomic E-state index is 14.0. The van der Waals surface area contributed by atoms with E-state index in [-0.39, 0.29) is 16.6 Å². The fourth-order valence-electron chi connectivity index (χ4n) is 2.71. The minimum absolute atomic E-state index is 0.150. The van der Waals surface area contributed by atoms with Crippen LogP contribution >= 0.6 is 0 Å². The molecular formula is C14H22FN3O2S. The van der Waals surface area contributed by atoms with Crippen LogP contribution in [0.3, 0.4) is 0 Å². The molecule has 0 aliphatic carbocycles. The average molecular weight is 315 g/mol. The largest absolute Gasteiger partial charge is 0.399 e. The minimum atomic E-state index is -3.87. The first-order chi connectivity index (χ1) is 9.86. The monoisotopic (exact) mass is 315 g/mol. The van der Waals surface area contributed by atoms with E-state index in [4.69, 9.17) is 5.73 Å². The summed E-state index contributed by atoms with van der Waals surface area (Å²) in [7, 11) is -1.90. The van der Waals surface area contributed by atoms with Crippen molar-refractivity contribution in [2.45, 2.75) is 30.7 Å². The van der Waals surface area contributed by atoms with Crippen molar-refractivity contribution in [1.29, 1.82) is 0 Å². The SMILES string of the molecule is CCC1CN(C)CCCN1S(=O)(=O)c1cc(N)ccc1F. The zero-order valence-electron chi connectivity index (χ0n) is 12.4. The van der Waals surface area contributed by atoms with Gasteiger partial charge < -0.3 is 10.6 Å². The second-order valence-corrected chi connectivity index (χ2v) is 7.34. The van der Waals surface area contributed by atoms with Gasteiger partial charge in [0, 0.05) is 24.8 Å². The van der Waals surface area contributed by atoms with Crippen LogP contribution in [0.5, 0.6) is 0 Å². The summed E-state index contributed by atoms with van der Waals surface area (Å²) in [4.78, 5) is 1.78. The molecule has 1 fully saturated rings. The van der Waals surface area contributed by atoms with E-state index in [0.717, 1.165) is 19.0 Å². The highest BCUT2D eigenvalue weighted by Gasteiger charge is 2.34. The summed E-state index contributed by atoms with van der Waals surface area (Å²) in [5.74, 6) is -0.753. The lowest BCUT2D eigenvalue weighted by molar-refractivity contribution is 0.270. The van der Waals surface area contributed by atoms with Crippen LogP contribution in [0.4, 0.5) is 10.1 Å². The number of rotatable bonds is 3. The van der Waals surface area contributed by atoms with Crippen LogP contribution in [0, 0.1) is 5.82 Å². The highest BCUT2D eigenvalue weighted by atomic mass is 32.2. The molecule has 0 bridgehead atoms. The summed E-state index contributed by atoms with van der Waals surface area (Å²) in [6.45, 7) is 3.84. The van der Waals surface area contributed by atoms with E-state index in [0.29, 0.717) is 19.5 Å². The number of nitrogens with two attached hydrogens (primary N) is 1. The predicted molar refractivity (Wildman–Crippen MR) is 80.9 cm³/mol. The van der Waals surface area contributed by atoms with Crippen molar-refractivity contribution in [2.75, 3.05) is 32.4 Å². The lowest BCUT2D eigenvalue weighted by Crippen LogP contribution is -2.43. The van der Waals surface area contributed by atoms with Crippen molar-refractivity contribution < 1.29 is 12.8 Å². The molecule has 1 aliphatic rings. The number of nitrogen functional groups attached to an aromatic ring is 1. The van der Waals surface area contributed by atoms with Crippen LogP contribution in [0.25, 0.3) is 0 Å². The van der Waals surface area contributed by atoms with Crippen molar-refractivity contribution in [3.8, 4) is 0 Å². The molecule has 2 rings (SSSR count). The Morgan fingerprint density at radius 2 is 2.10 bits per heavy atom. The minimum Gasteiger partial charge on any atom is -0.399 e. The van der Waals surface area contributed by atoms with Crippen molar-refractivity contribution in [1.82, 2.24) is 9.21 Å². The Kier molecular flexibility index (Phi) is 4.85. The zero-order chi connectivity index (χ0) is 15.6. The molecule has 1 unspecified atom stereocenters. The molecule has 1 aliphatic heterocycles. The third-order valence-electron chi connectivity index (χ3n) is 3.86. The van der Waals surface area contributed by atoms with E-state index in [1.807, 2.05) is 14.0 Å². The first-order valence-electron chi connectivity index (χ1n) is 7.11. The number of halogens is 1. The molecule has 1 heterocycles. The van der Waals surface area contributed by atoms with E-state index >= 15 is 0 Å². The van der Waals surface area contributed by atoms with Crippen molar-refractivity contribution in [3.63, 3.8) is 0 Å². The molecule has 7 heteroatoms. The quantitative estimate of drug-likeness (QED) is 0.859. The third kappa shape index (κ3) is 3.36. The lowest BCUT2D eigenvalue weighted by Gasteiger charge is -2.29. The van der Waals surface area contributed by atoms with Crippen LogP contribution in [-0.4, -0.2) is 50.3 Å². The molecular weight excluding hydrogens is 293 g/mol. The lowest BCUT2D eigenvalue weighted by atomic mass is 10.2. The van der Waals surface area contributed by atoms with Gasteiger partial charge in [0.1, 0.15) is 10.7 Å². The predicted octanol–water partition coefficient (Wildman–Crippen LogP) is 1.51. The van der Waals surface area contributed by atoms with E-state index in [2.05, 4.69) is 4.90 Å². The topological polar surface area (TPSA) is 66.6 Å². The number of hydrogen-bond acceptors (Lipinski definition) is 4. The second kappa shape index (κ2) is 6.29. The summed E-state index contributed by atoms with van der Waals surface area (Å²) in [5, 5.41) is 0. The van der Waals surface area contributed by atoms with E-state index in [9.17, 15) is 12.8 Å². The van der Waals surface area contributed by atoms with Crippen molar-refractivity contribution in [3.05, 3.63) is 24.0 Å². The molecule has 1 aromatic carbocycles. The fourth-order valence-corrected chi connectivity index (χ4v) is 4.54. The summed E-state index contributed by atoms with van der Waals surface area (Å²) < 4.78 is 41.0. The number of hydrogen-bond donors (Lipinski definition) is 1. The van der Waals surface area contributed by atoms with Crippen LogP contribution in [0.1, 0.15) is 19.8 Å². The highest BCUT2D eigenvalue weighted by Crippen LogP contribution is 2.26. The molecule has 0 amide bonds. The number of nitrogens with zero attached hydrogens (tertiary/aromatic N) is 2. The van der Waals surface area contributed by atoms with Gasteiger partial charge in [-0.3, -0.25) is 0 Å². The molecule has 1 atom stereocenters. The van der Waals surface area contributed by atoms with E-state index < -0.39 is 15.8 Å². The van der Waals surface area contributed by atoms with Gasteiger partial charge in [-0.15, -0.1) is 0 Å². The summed E-state index contributed by atoms with van der Waals surface area (Å²) in [6, 6.07) is 3.52. The van der Waals surface area contributed by atoms with Gasteiger partial charge in [0.15, 0.2) is 0 Å². The molecule has 1 aromatic rings. The molecule has 21 heavy (non-hydrogen) atoms. The first-order valence-corrected chi connectivity index (χ1v) is 8.55. The Labute approximate surface area is 125 Å². The van der Waals surface area contributed by atoms with Gasteiger partial charge in [-0.2, -0.15) is 4.31 Å². The standard InChI is InChI=1S/C14H22FN3O2S/c1-3-12-10-17(2)7-4-8-18(12)21(19,20)14-9-11(16)5-6-13(14)15/h5-6,9,12H,3-4,7-8,10,16H2,1-2H3. The number of sulfonamides is 1. The Morgan fingerprint density at radius 1 is 1.38 bits per heavy atom. The van der Waals surface area contributed by atoms with E-state index in [1.165, 1.54) is 16.4 Å². The van der Waals surface area contributed by atoms with Gasteiger partial charge >= 0.3 is 0 Å². The van der Waals surface area contributed by atoms with Gasteiger partial charge in [-0.25, -0.2) is 12.8 Å². The van der Waals surface area contributed by atoms with Gasteiger partial charge in [-0.05, 0) is 44.6 Å². The summed E-state index contributed by atoms with van der Waals surface area (Å²) in [6.07, 6.45) is 1.42. The maximum Gasteiger partial charge on any atom is 0.246 e. The summed E-state index contributed by atoms with van der Waals surface area (Å²) in [5.41, 5.74) is 5.86. The average Bonchev–Trinajstić information content (AvgIpc) is 2.63. The third-order valence-corrected chi connectivity index (χ3v) is 5.83. The molecule has 2 N–H and O–H groups in total. The molecule has 0 spiro atoms. The Balaban J connectivity index is 2.43. The van der Waals surface area contributed by atoms with Gasteiger partial charge in [0.2, 0.25) is 10.0 Å². The zero-order valence-corrected chi connectivity index (χ0v) is 13.2. The second-order valence-electron chi connectivity index (χ2n) is 5.48. The Bertz CT molecular complexity index is 606. The van der Waals surface area contributed by atoms with Crippen LogP contribution in [-0.2, 0) is 10.0 Å². The van der Waals surface area contributed by atoms with Gasteiger partial charge in [0.05, 0.1) is 0 Å². The first kappa shape index (κ1) is 16.2. The van der Waals surface area contributed by atoms with Gasteiger partial charge in [-0.1, -0.05) is 6.92 Å². The van der Waals surface area contributed by atoms with Crippen LogP contribution in [0.15, 0.2) is 23.1 Å². The Morgan fingerprint density at radius 3 is 2.76 bits per heavy atom. The van der Waals surface area contributed by atoms with E-state index in [1.54, 1.807) is 0 Å². The normalized spacial score (nSPS) is 22.1. The van der Waals surface area contributed by atoms with Crippen molar-refractivity contribution in [2.24, 2.45) is 0 Å². The van der Waals surface area contributed by atoms with Crippen LogP contribution < -0.4 is 5.73 Å². The smallest absolute Gasteiger partial charge is 0.246 e. The van der Waals surface area contributed by atoms with Gasteiger partial charge in [0.25, 0.3) is 0 Å². The molecule has 5 nitrogen and oxygen atoms in total. The van der Waals surface area contributed by atoms with Crippen LogP contribution in [0.2, 0.25) is 0 Å². The molecule has 0 aromatic heterocycles. The number of benzene rings is 1. The molecule has 0 saturated carbocycles. The number of anilines is 1. The molecule has 0 radical (unpaired) electrons. The molecule has 118 valence electrons. The maximum atomic E-state index is 14.0. The fraction of sp³-hybridized carbons (Fsp3) is 0.571. The number of likely N-dealkylation sites (N-methyl/N-ethyl adjacent to an activating group) is 1. The van der Waals surface area contributed by atoms with Crippen molar-refractivity contribution >= 4 is 15.7 Å². The highest BCUT2D eigenvalue weighted by molar-refractivity contribution is 7.89.